The molecular weight excluding hydrogens is 453 g/mol. The molecule has 0 saturated heterocycles. The number of ether oxygens (including phenoxy) is 1. The van der Waals surface area contributed by atoms with E-state index in [1.807, 2.05) is 0 Å². The number of para-hydroxylation sites is 2. The molecule has 0 heterocycles. The second-order valence-corrected chi connectivity index (χ2v) is 7.65. The molecule has 3 rings (SSSR count). The van der Waals surface area contributed by atoms with Gasteiger partial charge in [0, 0.05) is 11.5 Å². The number of benzene rings is 3. The first kappa shape index (κ1) is 25.0. The van der Waals surface area contributed by atoms with Crippen LogP contribution in [0.3, 0.4) is 0 Å². The first-order valence-electron chi connectivity index (χ1n) is 10.6. The molecule has 0 aromatic heterocycles. The number of hydrogen-bond acceptors (Lipinski definition) is 6. The summed E-state index contributed by atoms with van der Waals surface area (Å²) in [6.45, 7) is 1.64. The standard InChI is InChI=1S/C26H24FN3O5/c1-16(11-14-23(32)29-21-10-6-5-9-20(21)28)24(18-12-13-22(31)19(27)15-18)35-26(34)30-25(33)17-7-3-2-4-8-17/h2-16,24,31H,28H2,1H3,(H,29,32)(H,30,33,34)/b14-11+/t16-,24-/m0/s1. The quantitative estimate of drug-likeness (QED) is 0.292. The minimum absolute atomic E-state index is 0.215. The van der Waals surface area contributed by atoms with Crippen LogP contribution in [0.1, 0.15) is 28.9 Å². The third-order valence-corrected chi connectivity index (χ3v) is 5.03. The van der Waals surface area contributed by atoms with Gasteiger partial charge in [-0.1, -0.05) is 49.4 Å². The molecule has 0 aliphatic carbocycles. The Kier molecular flexibility index (Phi) is 8.18. The summed E-state index contributed by atoms with van der Waals surface area (Å²) in [7, 11) is 0. The summed E-state index contributed by atoms with van der Waals surface area (Å²) in [5.41, 5.74) is 7.12. The number of carbonyl (C=O) groups excluding carboxylic acids is 3. The molecule has 3 amide bonds. The Bertz CT molecular complexity index is 1250. The van der Waals surface area contributed by atoms with Crippen molar-refractivity contribution < 1.29 is 28.6 Å². The molecule has 3 aromatic rings. The largest absolute Gasteiger partial charge is 0.505 e. The number of hydrogen-bond donors (Lipinski definition) is 4. The molecule has 9 heteroatoms. The fourth-order valence-electron chi connectivity index (χ4n) is 3.20. The predicted molar refractivity (Wildman–Crippen MR) is 129 cm³/mol. The van der Waals surface area contributed by atoms with Gasteiger partial charge in [0.1, 0.15) is 6.10 Å². The van der Waals surface area contributed by atoms with Gasteiger partial charge in [-0.05, 0) is 48.0 Å². The smallest absolute Gasteiger partial charge is 0.414 e. The summed E-state index contributed by atoms with van der Waals surface area (Å²) in [5, 5.41) is 14.3. The van der Waals surface area contributed by atoms with E-state index in [1.165, 1.54) is 30.4 Å². The number of phenolic OH excluding ortho intramolecular Hbond substituents is 1. The highest BCUT2D eigenvalue weighted by Gasteiger charge is 2.25. The number of nitrogens with two attached hydrogens (primary N) is 1. The van der Waals surface area contributed by atoms with E-state index < -0.39 is 41.5 Å². The van der Waals surface area contributed by atoms with Crippen LogP contribution >= 0.6 is 0 Å². The Morgan fingerprint density at radius 2 is 1.71 bits per heavy atom. The van der Waals surface area contributed by atoms with Crippen molar-refractivity contribution in [1.29, 1.82) is 0 Å². The van der Waals surface area contributed by atoms with Gasteiger partial charge in [-0.15, -0.1) is 0 Å². The van der Waals surface area contributed by atoms with Gasteiger partial charge in [-0.25, -0.2) is 9.18 Å². The highest BCUT2D eigenvalue weighted by Crippen LogP contribution is 2.30. The molecule has 0 fully saturated rings. The van der Waals surface area contributed by atoms with E-state index in [0.29, 0.717) is 11.4 Å². The number of rotatable bonds is 7. The van der Waals surface area contributed by atoms with Crippen molar-refractivity contribution in [2.75, 3.05) is 11.1 Å². The number of amides is 3. The van der Waals surface area contributed by atoms with E-state index >= 15 is 0 Å². The lowest BCUT2D eigenvalue weighted by atomic mass is 9.96. The highest BCUT2D eigenvalue weighted by atomic mass is 19.1. The molecule has 8 nitrogen and oxygen atoms in total. The minimum Gasteiger partial charge on any atom is -0.505 e. The van der Waals surface area contributed by atoms with Crippen molar-refractivity contribution in [3.05, 3.63) is 102 Å². The van der Waals surface area contributed by atoms with E-state index in [2.05, 4.69) is 10.6 Å². The van der Waals surface area contributed by atoms with Crippen LogP contribution in [0.2, 0.25) is 0 Å². The lowest BCUT2D eigenvalue weighted by Gasteiger charge is -2.23. The van der Waals surface area contributed by atoms with Crippen molar-refractivity contribution in [2.45, 2.75) is 13.0 Å². The summed E-state index contributed by atoms with van der Waals surface area (Å²) in [5.74, 6) is -3.26. The predicted octanol–water partition coefficient (Wildman–Crippen LogP) is 4.55. The van der Waals surface area contributed by atoms with Crippen LogP contribution in [0.5, 0.6) is 5.75 Å². The highest BCUT2D eigenvalue weighted by molar-refractivity contribution is 6.03. The maximum absolute atomic E-state index is 14.0. The lowest BCUT2D eigenvalue weighted by Crippen LogP contribution is -2.33. The number of anilines is 2. The van der Waals surface area contributed by atoms with E-state index in [4.69, 9.17) is 10.5 Å². The van der Waals surface area contributed by atoms with Crippen molar-refractivity contribution in [3.8, 4) is 5.75 Å². The molecule has 180 valence electrons. The van der Waals surface area contributed by atoms with Gasteiger partial charge in [-0.3, -0.25) is 14.9 Å². The number of carbonyl (C=O) groups is 3. The molecule has 0 spiro atoms. The maximum Gasteiger partial charge on any atom is 0.414 e. The molecule has 0 unspecified atom stereocenters. The van der Waals surface area contributed by atoms with E-state index in [1.54, 1.807) is 49.4 Å². The average molecular weight is 477 g/mol. The van der Waals surface area contributed by atoms with E-state index in [-0.39, 0.29) is 11.1 Å². The van der Waals surface area contributed by atoms with Crippen molar-refractivity contribution in [1.82, 2.24) is 5.32 Å². The Hall–Kier alpha value is -4.66. The lowest BCUT2D eigenvalue weighted by molar-refractivity contribution is -0.111. The van der Waals surface area contributed by atoms with E-state index in [0.717, 1.165) is 12.1 Å². The Morgan fingerprint density at radius 3 is 2.40 bits per heavy atom. The molecule has 0 radical (unpaired) electrons. The molecule has 0 saturated carbocycles. The van der Waals surface area contributed by atoms with Crippen LogP contribution in [0.4, 0.5) is 20.6 Å². The Labute approximate surface area is 201 Å². The fraction of sp³-hybridized carbons (Fsp3) is 0.115. The van der Waals surface area contributed by atoms with Crippen LogP contribution < -0.4 is 16.4 Å². The summed E-state index contributed by atoms with van der Waals surface area (Å²) < 4.78 is 19.4. The van der Waals surface area contributed by atoms with Crippen LogP contribution in [-0.4, -0.2) is 23.0 Å². The SMILES string of the molecule is C[C@@H](/C=C/C(=O)Nc1ccccc1N)[C@H](OC(=O)NC(=O)c1ccccc1)c1ccc(O)c(F)c1. The maximum atomic E-state index is 14.0. The van der Waals surface area contributed by atoms with Gasteiger partial charge in [-0.2, -0.15) is 0 Å². The van der Waals surface area contributed by atoms with Gasteiger partial charge in [0.05, 0.1) is 11.4 Å². The van der Waals surface area contributed by atoms with Gasteiger partial charge in [0.2, 0.25) is 5.91 Å². The topological polar surface area (TPSA) is 131 Å². The number of aromatic hydroxyl groups is 1. The average Bonchev–Trinajstić information content (AvgIpc) is 2.85. The number of alkyl carbamates (subject to hydrolysis) is 1. The normalized spacial score (nSPS) is 12.5. The molecule has 5 N–H and O–H groups in total. The fourth-order valence-corrected chi connectivity index (χ4v) is 3.20. The number of phenols is 1. The van der Waals surface area contributed by atoms with Crippen LogP contribution in [-0.2, 0) is 9.53 Å². The van der Waals surface area contributed by atoms with Gasteiger partial charge in [0.25, 0.3) is 5.91 Å². The van der Waals surface area contributed by atoms with Crippen molar-refractivity contribution in [3.63, 3.8) is 0 Å². The first-order chi connectivity index (χ1) is 16.7. The number of nitrogens with one attached hydrogen (secondary N) is 2. The minimum atomic E-state index is -1.08. The first-order valence-corrected chi connectivity index (χ1v) is 10.6. The summed E-state index contributed by atoms with van der Waals surface area (Å²) in [4.78, 5) is 37.1. The number of imide groups is 1. The third-order valence-electron chi connectivity index (χ3n) is 5.03. The monoisotopic (exact) mass is 477 g/mol. The number of nitrogen functional groups attached to an aromatic ring is 1. The molecule has 0 aliphatic rings. The zero-order valence-electron chi connectivity index (χ0n) is 18.8. The summed E-state index contributed by atoms with van der Waals surface area (Å²) >= 11 is 0. The second kappa shape index (κ2) is 11.5. The van der Waals surface area contributed by atoms with Crippen molar-refractivity contribution >= 4 is 29.3 Å². The van der Waals surface area contributed by atoms with Crippen molar-refractivity contribution in [2.24, 2.45) is 5.92 Å². The van der Waals surface area contributed by atoms with E-state index in [9.17, 15) is 23.9 Å². The molecule has 0 bridgehead atoms. The zero-order valence-corrected chi connectivity index (χ0v) is 18.8. The third kappa shape index (κ3) is 6.91. The zero-order chi connectivity index (χ0) is 25.4. The molecular formula is C26H24FN3O5. The molecule has 2 atom stereocenters. The van der Waals surface area contributed by atoms with Crippen LogP contribution in [0, 0.1) is 11.7 Å². The summed E-state index contributed by atoms with van der Waals surface area (Å²) in [6.07, 6.45) is 0.562. The van der Waals surface area contributed by atoms with Gasteiger partial charge < -0.3 is 20.9 Å². The summed E-state index contributed by atoms with van der Waals surface area (Å²) in [6, 6.07) is 18.3. The van der Waals surface area contributed by atoms with Crippen LogP contribution in [0.25, 0.3) is 0 Å². The molecule has 35 heavy (non-hydrogen) atoms. The van der Waals surface area contributed by atoms with Gasteiger partial charge in [0.15, 0.2) is 11.6 Å². The molecule has 0 aliphatic heterocycles. The Balaban J connectivity index is 1.75. The number of halogens is 1. The van der Waals surface area contributed by atoms with Gasteiger partial charge >= 0.3 is 6.09 Å². The second-order valence-electron chi connectivity index (χ2n) is 7.65. The Morgan fingerprint density at radius 1 is 1.03 bits per heavy atom. The van der Waals surface area contributed by atoms with Crippen LogP contribution in [0.15, 0.2) is 84.9 Å². The molecule has 3 aromatic carbocycles.